The maximum Gasteiger partial charge on any atom is 0.303 e. The lowest BCUT2D eigenvalue weighted by atomic mass is 9.84. The summed E-state index contributed by atoms with van der Waals surface area (Å²) < 4.78 is 3.65. The number of rotatable bonds is 16. The Kier molecular flexibility index (Phi) is 11.4. The van der Waals surface area contributed by atoms with Gasteiger partial charge in [0, 0.05) is 48.3 Å². The number of fused-ring (bicyclic) bond motifs is 2. The fourth-order valence-corrected chi connectivity index (χ4v) is 7.01. The Balaban J connectivity index is 1.46. The molecule has 4 nitrogen and oxygen atoms in total. The van der Waals surface area contributed by atoms with Crippen molar-refractivity contribution in [2.24, 2.45) is 0 Å². The lowest BCUT2D eigenvalue weighted by Gasteiger charge is -2.27. The molecule has 2 aromatic carbocycles. The van der Waals surface area contributed by atoms with Crippen LogP contribution in [0.2, 0.25) is 0 Å². The average molecular weight is 572 g/mol. The molecule has 1 N–H and O–H groups in total. The van der Waals surface area contributed by atoms with Crippen LogP contribution in [0.4, 0.5) is 5.69 Å². The van der Waals surface area contributed by atoms with E-state index in [9.17, 15) is 4.79 Å². The highest BCUT2D eigenvalue weighted by Crippen LogP contribution is 2.47. The number of benzene rings is 2. The van der Waals surface area contributed by atoms with Crippen molar-refractivity contribution in [1.29, 1.82) is 0 Å². The normalized spacial score (nSPS) is 15.6. The van der Waals surface area contributed by atoms with Crippen molar-refractivity contribution >= 4 is 39.3 Å². The Morgan fingerprint density at radius 1 is 0.902 bits per heavy atom. The van der Waals surface area contributed by atoms with Crippen molar-refractivity contribution in [2.45, 2.75) is 96.9 Å². The molecule has 41 heavy (non-hydrogen) atoms. The lowest BCUT2D eigenvalue weighted by Crippen LogP contribution is -2.35. The zero-order valence-electron chi connectivity index (χ0n) is 25.1. The number of unbranched alkanes of at least 4 members (excludes halogenated alkanes) is 7. The van der Waals surface area contributed by atoms with Crippen molar-refractivity contribution in [2.75, 3.05) is 11.4 Å². The van der Waals surface area contributed by atoms with Gasteiger partial charge in [0.1, 0.15) is 4.70 Å². The van der Waals surface area contributed by atoms with Gasteiger partial charge in [-0.25, -0.2) is 0 Å². The van der Waals surface area contributed by atoms with Crippen LogP contribution in [0.5, 0.6) is 0 Å². The van der Waals surface area contributed by atoms with E-state index >= 15 is 0 Å². The number of aromatic nitrogens is 1. The Labute approximate surface area is 250 Å². The average Bonchev–Trinajstić information content (AvgIpc) is 3.41. The largest absolute Gasteiger partial charge is 0.481 e. The van der Waals surface area contributed by atoms with E-state index in [0.717, 1.165) is 32.4 Å². The maximum atomic E-state index is 10.9. The number of hydrogen-bond donors (Lipinski definition) is 1. The number of thiazole rings is 1. The van der Waals surface area contributed by atoms with Crippen LogP contribution >= 0.6 is 11.3 Å². The quantitative estimate of drug-likeness (QED) is 0.106. The fourth-order valence-electron chi connectivity index (χ4n) is 5.91. The summed E-state index contributed by atoms with van der Waals surface area (Å²) in [6, 6.07) is 17.4. The van der Waals surface area contributed by atoms with E-state index in [1.165, 1.54) is 70.7 Å². The van der Waals surface area contributed by atoms with Crippen LogP contribution in [0.3, 0.4) is 0 Å². The second kappa shape index (κ2) is 15.2. The molecular weight excluding hydrogens is 524 g/mol. The Bertz CT molecular complexity index is 1380. The molecule has 0 bridgehead atoms. The number of hydrogen-bond acceptors (Lipinski definition) is 3. The van der Waals surface area contributed by atoms with Gasteiger partial charge < -0.3 is 10.0 Å². The molecule has 218 valence electrons. The first-order valence-electron chi connectivity index (χ1n) is 15.5. The first-order valence-corrected chi connectivity index (χ1v) is 16.3. The number of para-hydroxylation sites is 2. The molecule has 0 spiro atoms. The van der Waals surface area contributed by atoms with Gasteiger partial charge in [-0.05, 0) is 43.0 Å². The summed E-state index contributed by atoms with van der Waals surface area (Å²) in [4.78, 5) is 13.4. The molecule has 0 atom stereocenters. The van der Waals surface area contributed by atoms with Crippen LogP contribution < -0.4 is 9.47 Å². The summed E-state index contributed by atoms with van der Waals surface area (Å²) in [6.45, 7) is 8.93. The lowest BCUT2D eigenvalue weighted by molar-refractivity contribution is -0.669. The Morgan fingerprint density at radius 3 is 2.46 bits per heavy atom. The van der Waals surface area contributed by atoms with Gasteiger partial charge >= 0.3 is 5.97 Å². The predicted octanol–water partition coefficient (Wildman–Crippen LogP) is 9.45. The molecule has 3 aromatic rings. The van der Waals surface area contributed by atoms with Crippen LogP contribution in [0, 0.1) is 0 Å². The third-order valence-corrected chi connectivity index (χ3v) is 9.29. The minimum atomic E-state index is -0.709. The molecule has 0 saturated heterocycles. The van der Waals surface area contributed by atoms with Crippen LogP contribution in [0.25, 0.3) is 16.3 Å². The van der Waals surface area contributed by atoms with Crippen LogP contribution in [-0.2, 0) is 16.8 Å². The van der Waals surface area contributed by atoms with Gasteiger partial charge in [-0.15, -0.1) is 0 Å². The van der Waals surface area contributed by atoms with Gasteiger partial charge in [-0.3, -0.25) is 4.79 Å². The highest BCUT2D eigenvalue weighted by atomic mass is 32.1. The second-order valence-corrected chi connectivity index (χ2v) is 12.7. The zero-order valence-corrected chi connectivity index (χ0v) is 26.0. The summed E-state index contributed by atoms with van der Waals surface area (Å²) in [6.07, 6.45) is 21.7. The Morgan fingerprint density at radius 2 is 1.63 bits per heavy atom. The first-order chi connectivity index (χ1) is 19.9. The van der Waals surface area contributed by atoms with Gasteiger partial charge in [0.25, 0.3) is 5.01 Å². The number of carboxylic acids is 1. The van der Waals surface area contributed by atoms with E-state index in [1.807, 2.05) is 11.3 Å². The number of anilines is 1. The number of aryl methyl sites for hydroxylation is 1. The maximum absolute atomic E-state index is 10.9. The van der Waals surface area contributed by atoms with E-state index in [1.54, 1.807) is 0 Å². The second-order valence-electron chi connectivity index (χ2n) is 11.6. The summed E-state index contributed by atoms with van der Waals surface area (Å²) in [5, 5.41) is 10.2. The molecule has 5 heteroatoms. The molecule has 1 aliphatic heterocycles. The summed E-state index contributed by atoms with van der Waals surface area (Å²) >= 11 is 1.81. The molecule has 4 rings (SSSR count). The van der Waals surface area contributed by atoms with Gasteiger partial charge in [-0.2, -0.15) is 4.57 Å². The number of allylic oxidation sites excluding steroid dienone is 5. The highest BCUT2D eigenvalue weighted by Gasteiger charge is 2.39. The van der Waals surface area contributed by atoms with Crippen molar-refractivity contribution in [1.82, 2.24) is 0 Å². The summed E-state index contributed by atoms with van der Waals surface area (Å²) in [5.74, 6) is -0.709. The number of carboxylic acid groups (broad SMARTS) is 1. The molecule has 0 radical (unpaired) electrons. The van der Waals surface area contributed by atoms with E-state index in [2.05, 4.69) is 109 Å². The molecule has 0 unspecified atom stereocenters. The Hall–Kier alpha value is -3.18. The van der Waals surface area contributed by atoms with E-state index in [-0.39, 0.29) is 11.8 Å². The van der Waals surface area contributed by atoms with Gasteiger partial charge in [0.2, 0.25) is 5.52 Å². The number of nitrogens with zero attached hydrogens (tertiary/aromatic N) is 2. The van der Waals surface area contributed by atoms with E-state index in [4.69, 9.17) is 5.11 Å². The van der Waals surface area contributed by atoms with E-state index < -0.39 is 5.97 Å². The van der Waals surface area contributed by atoms with Gasteiger partial charge in [0.15, 0.2) is 6.54 Å². The molecular formula is C36H47N2O2S+. The topological polar surface area (TPSA) is 44.4 Å². The van der Waals surface area contributed by atoms with Crippen LogP contribution in [-0.4, -0.2) is 17.6 Å². The third kappa shape index (κ3) is 7.97. The van der Waals surface area contributed by atoms with Crippen LogP contribution in [0.15, 0.2) is 78.5 Å². The van der Waals surface area contributed by atoms with Gasteiger partial charge in [0.05, 0.1) is 0 Å². The number of carbonyl (C=O) groups is 1. The standard InChI is InChI=1S/C36H46N2O2S/c1-4-5-6-7-8-18-27-37-30-21-15-14-20-29(30)36(2,3)33(37)24-11-9-12-25-34-38(28-19-10-13-26-35(39)40)31-22-16-17-23-32(31)41-34/h9,11-12,14-17,20-25H,4-8,10,13,18-19,26-28H2,1-3H3/p+1. The smallest absolute Gasteiger partial charge is 0.303 e. The van der Waals surface area contributed by atoms with Crippen molar-refractivity contribution in [3.05, 3.63) is 89.1 Å². The molecule has 2 heterocycles. The molecule has 1 aromatic heterocycles. The highest BCUT2D eigenvalue weighted by molar-refractivity contribution is 7.18. The molecule has 0 fully saturated rings. The SMILES string of the molecule is CCCCCCCCN1C(=CC=CC=Cc2sc3ccccc3[n+]2CCCCCC(=O)O)C(C)(C)c2ccccc21. The summed E-state index contributed by atoms with van der Waals surface area (Å²) in [5.41, 5.74) is 5.36. The fraction of sp³-hybridized carbons (Fsp3) is 0.444. The first kappa shape index (κ1) is 30.8. The molecule has 1 aliphatic rings. The zero-order chi connectivity index (χ0) is 29.1. The van der Waals surface area contributed by atoms with Gasteiger partial charge in [-0.1, -0.05) is 113 Å². The van der Waals surface area contributed by atoms with Crippen molar-refractivity contribution < 1.29 is 14.5 Å². The minimum Gasteiger partial charge on any atom is -0.481 e. The molecule has 0 amide bonds. The van der Waals surface area contributed by atoms with E-state index in [0.29, 0.717) is 0 Å². The third-order valence-electron chi connectivity index (χ3n) is 8.16. The predicted molar refractivity (Wildman–Crippen MR) is 175 cm³/mol. The monoisotopic (exact) mass is 571 g/mol. The summed E-state index contributed by atoms with van der Waals surface area (Å²) in [7, 11) is 0. The molecule has 0 saturated carbocycles. The minimum absolute atomic E-state index is 0.0258. The van der Waals surface area contributed by atoms with Crippen molar-refractivity contribution in [3.8, 4) is 0 Å². The van der Waals surface area contributed by atoms with Crippen molar-refractivity contribution in [3.63, 3.8) is 0 Å². The number of aliphatic carboxylic acids is 1. The van der Waals surface area contributed by atoms with Crippen LogP contribution in [0.1, 0.15) is 95.6 Å². The molecule has 0 aliphatic carbocycles.